The van der Waals surface area contributed by atoms with Crippen molar-refractivity contribution < 1.29 is 9.90 Å². The minimum atomic E-state index is -0.743. The third-order valence-corrected chi connectivity index (χ3v) is 1.99. The molecule has 0 saturated heterocycles. The molecule has 0 bridgehead atoms. The summed E-state index contributed by atoms with van der Waals surface area (Å²) in [7, 11) is 0. The molecule has 0 aliphatic heterocycles. The zero-order valence-electron chi connectivity index (χ0n) is 7.83. The lowest BCUT2D eigenvalue weighted by Crippen LogP contribution is -2.14. The van der Waals surface area contributed by atoms with Crippen molar-refractivity contribution in [3.8, 4) is 12.3 Å². The molecule has 0 aromatic rings. The second kappa shape index (κ2) is 7.63. The van der Waals surface area contributed by atoms with Crippen LogP contribution in [0.5, 0.6) is 0 Å². The number of hydrogen-bond acceptors (Lipinski definition) is 2. The average Bonchev–Trinajstić information content (AvgIpc) is 2.10. The molecule has 0 aliphatic rings. The molecular weight excluding hydrogens is 166 g/mol. The lowest BCUT2D eigenvalue weighted by atomic mass is 9.97. The summed E-state index contributed by atoms with van der Waals surface area (Å²) in [5, 5.41) is 8.80. The molecule has 0 fully saturated rings. The van der Waals surface area contributed by atoms with Crippen molar-refractivity contribution in [1.82, 2.24) is 0 Å². The van der Waals surface area contributed by atoms with Crippen LogP contribution in [0.3, 0.4) is 0 Å². The lowest BCUT2D eigenvalue weighted by molar-refractivity contribution is -0.142. The first kappa shape index (κ1) is 12.0. The molecule has 0 radical (unpaired) electrons. The van der Waals surface area contributed by atoms with Crippen LogP contribution in [-0.2, 0) is 4.79 Å². The van der Waals surface area contributed by atoms with Crippen LogP contribution in [0.25, 0.3) is 0 Å². The summed E-state index contributed by atoms with van der Waals surface area (Å²) in [5.41, 5.74) is 5.31. The highest BCUT2D eigenvalue weighted by atomic mass is 16.4. The maximum atomic E-state index is 10.7. The molecule has 3 heteroatoms. The minimum Gasteiger partial charge on any atom is -0.481 e. The number of aliphatic carboxylic acids is 1. The van der Waals surface area contributed by atoms with Crippen LogP contribution < -0.4 is 5.73 Å². The maximum Gasteiger partial charge on any atom is 0.306 e. The van der Waals surface area contributed by atoms with Gasteiger partial charge in [-0.3, -0.25) is 4.79 Å². The second-order valence-corrected chi connectivity index (χ2v) is 3.06. The molecule has 74 valence electrons. The van der Waals surface area contributed by atoms with Gasteiger partial charge in [-0.1, -0.05) is 6.42 Å². The van der Waals surface area contributed by atoms with E-state index in [0.29, 0.717) is 25.8 Å². The first-order valence-electron chi connectivity index (χ1n) is 4.58. The molecule has 3 nitrogen and oxygen atoms in total. The molecule has 0 spiro atoms. The van der Waals surface area contributed by atoms with Crippen LogP contribution in [-0.4, -0.2) is 17.6 Å². The van der Waals surface area contributed by atoms with Gasteiger partial charge >= 0.3 is 5.97 Å². The second-order valence-electron chi connectivity index (χ2n) is 3.06. The number of rotatable bonds is 7. The molecule has 0 aliphatic carbocycles. The van der Waals surface area contributed by atoms with Crippen LogP contribution in [0.15, 0.2) is 0 Å². The topological polar surface area (TPSA) is 63.3 Å². The van der Waals surface area contributed by atoms with E-state index in [1.54, 1.807) is 0 Å². The Bertz CT molecular complexity index is 184. The van der Waals surface area contributed by atoms with Crippen molar-refractivity contribution in [3.05, 3.63) is 0 Å². The fourth-order valence-electron chi connectivity index (χ4n) is 1.18. The summed E-state index contributed by atoms with van der Waals surface area (Å²) in [5.74, 6) is 1.42. The smallest absolute Gasteiger partial charge is 0.306 e. The van der Waals surface area contributed by atoms with Gasteiger partial charge in [-0.25, -0.2) is 0 Å². The Balaban J connectivity index is 3.68. The molecule has 0 amide bonds. The van der Waals surface area contributed by atoms with Gasteiger partial charge in [0.1, 0.15) is 0 Å². The summed E-state index contributed by atoms with van der Waals surface area (Å²) in [4.78, 5) is 10.7. The Kier molecular flexibility index (Phi) is 7.04. The van der Waals surface area contributed by atoms with Gasteiger partial charge in [0.2, 0.25) is 0 Å². The predicted octanol–water partition coefficient (Wildman–Crippen LogP) is 1.23. The molecule has 0 rings (SSSR count). The van der Waals surface area contributed by atoms with E-state index in [-0.39, 0.29) is 5.92 Å². The molecule has 1 atom stereocenters. The van der Waals surface area contributed by atoms with Gasteiger partial charge in [-0.2, -0.15) is 0 Å². The van der Waals surface area contributed by atoms with Crippen LogP contribution in [0.4, 0.5) is 0 Å². The number of carboxylic acid groups (broad SMARTS) is 1. The van der Waals surface area contributed by atoms with Gasteiger partial charge in [0.15, 0.2) is 0 Å². The lowest BCUT2D eigenvalue weighted by Gasteiger charge is -2.09. The largest absolute Gasteiger partial charge is 0.481 e. The number of unbranched alkanes of at least 4 members (excludes halogenated alkanes) is 1. The Hall–Kier alpha value is -1.01. The van der Waals surface area contributed by atoms with E-state index in [0.717, 1.165) is 12.8 Å². The highest BCUT2D eigenvalue weighted by Gasteiger charge is 2.15. The third kappa shape index (κ3) is 6.18. The van der Waals surface area contributed by atoms with Gasteiger partial charge in [-0.05, 0) is 25.8 Å². The normalized spacial score (nSPS) is 12.0. The number of carbonyl (C=O) groups is 1. The number of terminal acetylenes is 1. The van der Waals surface area contributed by atoms with Gasteiger partial charge in [0.25, 0.3) is 0 Å². The molecule has 0 aromatic heterocycles. The van der Waals surface area contributed by atoms with Gasteiger partial charge in [0.05, 0.1) is 5.92 Å². The van der Waals surface area contributed by atoms with Crippen LogP contribution in [0, 0.1) is 18.3 Å². The van der Waals surface area contributed by atoms with Crippen LogP contribution >= 0.6 is 0 Å². The first-order chi connectivity index (χ1) is 6.22. The molecule has 0 saturated carbocycles. The van der Waals surface area contributed by atoms with E-state index in [1.165, 1.54) is 0 Å². The molecule has 0 heterocycles. The van der Waals surface area contributed by atoms with Gasteiger partial charge in [-0.15, -0.1) is 12.3 Å². The summed E-state index contributed by atoms with van der Waals surface area (Å²) in [6.45, 7) is 0.626. The molecule has 1 unspecified atom stereocenters. The fourth-order valence-corrected chi connectivity index (χ4v) is 1.18. The number of hydrogen-bond donors (Lipinski definition) is 2. The first-order valence-corrected chi connectivity index (χ1v) is 4.58. The van der Waals surface area contributed by atoms with Crippen molar-refractivity contribution in [3.63, 3.8) is 0 Å². The summed E-state index contributed by atoms with van der Waals surface area (Å²) < 4.78 is 0. The van der Waals surface area contributed by atoms with E-state index >= 15 is 0 Å². The molecular formula is C10H17NO2. The van der Waals surface area contributed by atoms with Crippen molar-refractivity contribution >= 4 is 5.97 Å². The van der Waals surface area contributed by atoms with Gasteiger partial charge in [0, 0.05) is 6.42 Å². The SMILES string of the molecule is C#CCCC(CCCCN)C(=O)O. The minimum absolute atomic E-state index is 0.289. The highest BCUT2D eigenvalue weighted by Crippen LogP contribution is 2.14. The van der Waals surface area contributed by atoms with E-state index in [1.807, 2.05) is 0 Å². The molecule has 13 heavy (non-hydrogen) atoms. The quantitative estimate of drug-likeness (QED) is 0.461. The van der Waals surface area contributed by atoms with Crippen molar-refractivity contribution in [1.29, 1.82) is 0 Å². The van der Waals surface area contributed by atoms with Crippen LogP contribution in [0.2, 0.25) is 0 Å². The maximum absolute atomic E-state index is 10.7. The standard InChI is InChI=1S/C10H17NO2/c1-2-3-6-9(10(12)13)7-4-5-8-11/h1,9H,3-8,11H2,(H,12,13). The van der Waals surface area contributed by atoms with E-state index in [4.69, 9.17) is 17.3 Å². The van der Waals surface area contributed by atoms with E-state index < -0.39 is 5.97 Å². The van der Waals surface area contributed by atoms with E-state index in [9.17, 15) is 4.79 Å². The van der Waals surface area contributed by atoms with Crippen molar-refractivity contribution in [2.45, 2.75) is 32.1 Å². The Morgan fingerprint density at radius 2 is 2.15 bits per heavy atom. The zero-order chi connectivity index (χ0) is 10.1. The number of nitrogens with two attached hydrogens (primary N) is 1. The Labute approximate surface area is 79.3 Å². The highest BCUT2D eigenvalue weighted by molar-refractivity contribution is 5.69. The number of carboxylic acids is 1. The van der Waals surface area contributed by atoms with Crippen molar-refractivity contribution in [2.75, 3.05) is 6.54 Å². The zero-order valence-corrected chi connectivity index (χ0v) is 7.83. The Morgan fingerprint density at radius 3 is 2.62 bits per heavy atom. The van der Waals surface area contributed by atoms with Crippen molar-refractivity contribution in [2.24, 2.45) is 11.7 Å². The summed E-state index contributed by atoms with van der Waals surface area (Å²) in [6.07, 6.45) is 8.64. The predicted molar refractivity (Wildman–Crippen MR) is 52.1 cm³/mol. The third-order valence-electron chi connectivity index (χ3n) is 1.99. The fraction of sp³-hybridized carbons (Fsp3) is 0.700. The Morgan fingerprint density at radius 1 is 1.46 bits per heavy atom. The summed E-state index contributed by atoms with van der Waals surface area (Å²) >= 11 is 0. The van der Waals surface area contributed by atoms with Gasteiger partial charge < -0.3 is 10.8 Å². The monoisotopic (exact) mass is 183 g/mol. The van der Waals surface area contributed by atoms with E-state index in [2.05, 4.69) is 5.92 Å². The average molecular weight is 183 g/mol. The van der Waals surface area contributed by atoms with Crippen LogP contribution in [0.1, 0.15) is 32.1 Å². The molecule has 0 aromatic carbocycles. The summed E-state index contributed by atoms with van der Waals surface area (Å²) in [6, 6.07) is 0. The molecule has 3 N–H and O–H groups in total.